The van der Waals surface area contributed by atoms with Crippen LogP contribution in [-0.2, 0) is 0 Å². The van der Waals surface area contributed by atoms with Crippen LogP contribution in [-0.4, -0.2) is 12.3 Å². The van der Waals surface area contributed by atoms with Gasteiger partial charge in [0.2, 0.25) is 0 Å². The van der Waals surface area contributed by atoms with Gasteiger partial charge in [-0.15, -0.1) is 0 Å². The van der Waals surface area contributed by atoms with Gasteiger partial charge < -0.3 is 5.73 Å². The van der Waals surface area contributed by atoms with Gasteiger partial charge >= 0.3 is 0 Å². The molecule has 76 valence electrons. The molecule has 1 aromatic carbocycles. The van der Waals surface area contributed by atoms with E-state index in [4.69, 9.17) is 11.0 Å². The number of ketones is 1. The first-order chi connectivity index (χ1) is 7.27. The third-order valence-corrected chi connectivity index (χ3v) is 1.94. The van der Waals surface area contributed by atoms with Crippen LogP contribution in [0.15, 0.2) is 30.3 Å². The van der Waals surface area contributed by atoms with Crippen molar-refractivity contribution in [1.29, 1.82) is 5.26 Å². The molecule has 0 amide bonds. The highest BCUT2D eigenvalue weighted by molar-refractivity contribution is 5.97. The van der Waals surface area contributed by atoms with Gasteiger partial charge in [-0.2, -0.15) is 5.26 Å². The third kappa shape index (κ3) is 3.37. The molecule has 0 unspecified atom stereocenters. The molecule has 0 bridgehead atoms. The van der Waals surface area contributed by atoms with Crippen LogP contribution in [0.3, 0.4) is 0 Å². The summed E-state index contributed by atoms with van der Waals surface area (Å²) in [6, 6.07) is 9.15. The van der Waals surface area contributed by atoms with Crippen LogP contribution in [0.2, 0.25) is 0 Å². The number of nitriles is 1. The summed E-state index contributed by atoms with van der Waals surface area (Å²) in [5, 5.41) is 8.33. The maximum Gasteiger partial charge on any atom is 0.176 e. The van der Waals surface area contributed by atoms with Crippen LogP contribution in [0.25, 0.3) is 6.08 Å². The smallest absolute Gasteiger partial charge is 0.176 e. The van der Waals surface area contributed by atoms with Gasteiger partial charge in [-0.25, -0.2) is 0 Å². The molecular weight excluding hydrogens is 188 g/mol. The molecule has 0 heterocycles. The Hall–Kier alpha value is -1.92. The molecule has 1 aromatic rings. The van der Waals surface area contributed by atoms with E-state index in [2.05, 4.69) is 0 Å². The Morgan fingerprint density at radius 2 is 2.07 bits per heavy atom. The molecule has 3 nitrogen and oxygen atoms in total. The molecule has 0 aromatic heterocycles. The summed E-state index contributed by atoms with van der Waals surface area (Å²) in [6.07, 6.45) is 4.02. The van der Waals surface area contributed by atoms with E-state index in [0.29, 0.717) is 12.0 Å². The van der Waals surface area contributed by atoms with Gasteiger partial charge in [0, 0.05) is 5.56 Å². The highest BCUT2D eigenvalue weighted by Crippen LogP contribution is 2.06. The van der Waals surface area contributed by atoms with E-state index in [-0.39, 0.29) is 12.3 Å². The molecule has 3 heteroatoms. The fourth-order valence-corrected chi connectivity index (χ4v) is 1.15. The predicted molar refractivity (Wildman–Crippen MR) is 59.1 cm³/mol. The van der Waals surface area contributed by atoms with Crippen LogP contribution in [0.4, 0.5) is 0 Å². The molecular formula is C12H12N2O. The third-order valence-electron chi connectivity index (χ3n) is 1.94. The predicted octanol–water partition coefficient (Wildman–Crippen LogP) is 1.75. The molecule has 0 saturated heterocycles. The number of rotatable bonds is 4. The number of nitrogens with two attached hydrogens (primary N) is 1. The molecule has 0 atom stereocenters. The van der Waals surface area contributed by atoms with Crippen LogP contribution >= 0.6 is 0 Å². The first-order valence-corrected chi connectivity index (χ1v) is 4.64. The summed E-state index contributed by atoms with van der Waals surface area (Å²) in [5.41, 5.74) is 6.83. The second kappa shape index (κ2) is 5.74. The first kappa shape index (κ1) is 11.2. The Labute approximate surface area is 88.8 Å². The highest BCUT2D eigenvalue weighted by atomic mass is 16.1. The highest BCUT2D eigenvalue weighted by Gasteiger charge is 2.00. The number of nitrogens with zero attached hydrogens (tertiary/aromatic N) is 1. The number of Topliss-reactive ketones (excluding diaryl/α,β-unsaturated/α-hetero) is 1. The van der Waals surface area contributed by atoms with Crippen molar-refractivity contribution in [3.8, 4) is 6.07 Å². The zero-order chi connectivity index (χ0) is 11.1. The van der Waals surface area contributed by atoms with E-state index in [1.807, 2.05) is 24.3 Å². The van der Waals surface area contributed by atoms with Crippen molar-refractivity contribution >= 4 is 11.9 Å². The number of hydrogen-bond acceptors (Lipinski definition) is 3. The SMILES string of the molecule is N#CCC=Cc1ccc(C(=O)CN)cc1. The van der Waals surface area contributed by atoms with Gasteiger partial charge in [-0.05, 0) is 5.56 Å². The zero-order valence-electron chi connectivity index (χ0n) is 8.31. The quantitative estimate of drug-likeness (QED) is 0.753. The van der Waals surface area contributed by atoms with Crippen molar-refractivity contribution in [1.82, 2.24) is 0 Å². The van der Waals surface area contributed by atoms with Crippen molar-refractivity contribution in [2.75, 3.05) is 6.54 Å². The van der Waals surface area contributed by atoms with E-state index in [0.717, 1.165) is 5.56 Å². The van der Waals surface area contributed by atoms with E-state index in [1.165, 1.54) is 0 Å². The Kier molecular flexibility index (Phi) is 4.27. The van der Waals surface area contributed by atoms with Gasteiger partial charge in [-0.3, -0.25) is 4.79 Å². The molecule has 0 spiro atoms. The van der Waals surface area contributed by atoms with Crippen molar-refractivity contribution in [3.05, 3.63) is 41.5 Å². The molecule has 1 rings (SSSR count). The molecule has 15 heavy (non-hydrogen) atoms. The first-order valence-electron chi connectivity index (χ1n) is 4.64. The summed E-state index contributed by atoms with van der Waals surface area (Å²) < 4.78 is 0. The van der Waals surface area contributed by atoms with Crippen LogP contribution in [0, 0.1) is 11.3 Å². The Balaban J connectivity index is 2.73. The Bertz CT molecular complexity index is 399. The van der Waals surface area contributed by atoms with Gasteiger partial charge in [0.25, 0.3) is 0 Å². The summed E-state index contributed by atoms with van der Waals surface area (Å²) >= 11 is 0. The fourth-order valence-electron chi connectivity index (χ4n) is 1.15. The lowest BCUT2D eigenvalue weighted by Crippen LogP contribution is -2.13. The number of carbonyl (C=O) groups is 1. The Morgan fingerprint density at radius 1 is 1.40 bits per heavy atom. The minimum absolute atomic E-state index is 0.0314. The second-order valence-corrected chi connectivity index (χ2v) is 3.01. The normalized spacial score (nSPS) is 10.1. The topological polar surface area (TPSA) is 66.9 Å². The summed E-state index contributed by atoms with van der Waals surface area (Å²) in [5.74, 6) is -0.0671. The minimum atomic E-state index is -0.0671. The molecule has 0 aliphatic carbocycles. The van der Waals surface area contributed by atoms with Gasteiger partial charge in [0.05, 0.1) is 19.0 Å². The molecule has 0 radical (unpaired) electrons. The van der Waals surface area contributed by atoms with Crippen LogP contribution in [0.1, 0.15) is 22.3 Å². The van der Waals surface area contributed by atoms with E-state index in [1.54, 1.807) is 18.2 Å². The molecule has 0 fully saturated rings. The van der Waals surface area contributed by atoms with Gasteiger partial charge in [-0.1, -0.05) is 36.4 Å². The Morgan fingerprint density at radius 3 is 2.60 bits per heavy atom. The molecule has 2 N–H and O–H groups in total. The summed E-state index contributed by atoms with van der Waals surface area (Å²) in [4.78, 5) is 11.2. The maximum atomic E-state index is 11.2. The van der Waals surface area contributed by atoms with Gasteiger partial charge in [0.15, 0.2) is 5.78 Å². The standard InChI is InChI=1S/C12H12N2O/c13-8-2-1-3-10-4-6-11(7-5-10)12(15)9-14/h1,3-7H,2,9,14H2. The average molecular weight is 200 g/mol. The summed E-state index contributed by atoms with van der Waals surface area (Å²) in [6.45, 7) is 0.0314. The van der Waals surface area contributed by atoms with Gasteiger partial charge in [0.1, 0.15) is 0 Å². The monoisotopic (exact) mass is 200 g/mol. The van der Waals surface area contributed by atoms with Crippen LogP contribution < -0.4 is 5.73 Å². The lowest BCUT2D eigenvalue weighted by atomic mass is 10.1. The number of carbonyl (C=O) groups excluding carboxylic acids is 1. The maximum absolute atomic E-state index is 11.2. The van der Waals surface area contributed by atoms with E-state index >= 15 is 0 Å². The van der Waals surface area contributed by atoms with Crippen molar-refractivity contribution in [2.24, 2.45) is 5.73 Å². The second-order valence-electron chi connectivity index (χ2n) is 3.01. The lowest BCUT2D eigenvalue weighted by Gasteiger charge is -1.98. The lowest BCUT2D eigenvalue weighted by molar-refractivity contribution is 0.100. The number of allylic oxidation sites excluding steroid dienone is 1. The molecule has 0 aliphatic rings. The van der Waals surface area contributed by atoms with E-state index < -0.39 is 0 Å². The van der Waals surface area contributed by atoms with Crippen molar-refractivity contribution < 1.29 is 4.79 Å². The largest absolute Gasteiger partial charge is 0.324 e. The molecule has 0 aliphatic heterocycles. The van der Waals surface area contributed by atoms with Crippen molar-refractivity contribution in [2.45, 2.75) is 6.42 Å². The summed E-state index contributed by atoms with van der Waals surface area (Å²) in [7, 11) is 0. The fraction of sp³-hybridized carbons (Fsp3) is 0.167. The number of hydrogen-bond donors (Lipinski definition) is 1. The van der Waals surface area contributed by atoms with Crippen LogP contribution in [0.5, 0.6) is 0 Å². The average Bonchev–Trinajstić information content (AvgIpc) is 2.29. The number of benzene rings is 1. The zero-order valence-corrected chi connectivity index (χ0v) is 8.31. The van der Waals surface area contributed by atoms with Crippen molar-refractivity contribution in [3.63, 3.8) is 0 Å². The molecule has 0 saturated carbocycles. The minimum Gasteiger partial charge on any atom is -0.324 e. The van der Waals surface area contributed by atoms with E-state index in [9.17, 15) is 4.79 Å².